The van der Waals surface area contributed by atoms with Gasteiger partial charge in [-0.25, -0.2) is 0 Å². The van der Waals surface area contributed by atoms with Crippen molar-refractivity contribution in [1.82, 2.24) is 0 Å². The molecule has 0 aromatic carbocycles. The number of carboxylic acid groups (broad SMARTS) is 1. The predicted octanol–water partition coefficient (Wildman–Crippen LogP) is 4.16. The molecule has 0 spiro atoms. The summed E-state index contributed by atoms with van der Waals surface area (Å²) in [5, 5.41) is 27.5. The molecule has 0 aliphatic rings. The molecule has 0 aromatic rings. The number of rotatable bonds is 14. The number of carboxylic acids is 1. The molecule has 0 heterocycles. The molecule has 136 valence electrons. The summed E-state index contributed by atoms with van der Waals surface area (Å²) in [7, 11) is 0. The highest BCUT2D eigenvalue weighted by Gasteiger charge is 2.17. The lowest BCUT2D eigenvalue weighted by Gasteiger charge is -2.13. The Labute approximate surface area is 145 Å². The molecule has 0 aromatic heterocycles. The Morgan fingerprint density at radius 2 is 1.46 bits per heavy atom. The van der Waals surface area contributed by atoms with Crippen LogP contribution in [0.3, 0.4) is 0 Å². The standard InChI is InChI=1S/C20H32O4/c1-2-3-4-5-6-7-8-9-10-11-12-13-14-15-16-18(21)19(22)17-20(23)24/h6-7,10-15,18-19,21-22H,2-5,8-9,16-17H2,1H3,(H,23,24). The maximum absolute atomic E-state index is 10.4. The molecule has 0 aliphatic carbocycles. The van der Waals surface area contributed by atoms with Gasteiger partial charge < -0.3 is 15.3 Å². The number of unbranched alkanes of at least 4 members (excludes halogenated alkanes) is 4. The van der Waals surface area contributed by atoms with E-state index in [9.17, 15) is 15.0 Å². The zero-order chi connectivity index (χ0) is 18.0. The van der Waals surface area contributed by atoms with Crippen molar-refractivity contribution < 1.29 is 20.1 Å². The van der Waals surface area contributed by atoms with Crippen LogP contribution in [-0.2, 0) is 4.79 Å². The summed E-state index contributed by atoms with van der Waals surface area (Å²) >= 11 is 0. The fourth-order valence-electron chi connectivity index (χ4n) is 2.01. The van der Waals surface area contributed by atoms with Crippen molar-refractivity contribution in [2.24, 2.45) is 0 Å². The van der Waals surface area contributed by atoms with Crippen LogP contribution in [0.25, 0.3) is 0 Å². The minimum absolute atomic E-state index is 0.228. The van der Waals surface area contributed by atoms with Gasteiger partial charge in [0.15, 0.2) is 0 Å². The molecule has 3 N–H and O–H groups in total. The first-order valence-electron chi connectivity index (χ1n) is 8.79. The van der Waals surface area contributed by atoms with Crippen LogP contribution < -0.4 is 0 Å². The summed E-state index contributed by atoms with van der Waals surface area (Å²) in [6.45, 7) is 2.21. The highest BCUT2D eigenvalue weighted by atomic mass is 16.4. The predicted molar refractivity (Wildman–Crippen MR) is 98.8 cm³/mol. The third-order valence-electron chi connectivity index (χ3n) is 3.45. The quantitative estimate of drug-likeness (QED) is 0.253. The van der Waals surface area contributed by atoms with Gasteiger partial charge in [-0.15, -0.1) is 0 Å². The number of aliphatic carboxylic acids is 1. The molecule has 0 saturated heterocycles. The first kappa shape index (κ1) is 22.4. The summed E-state index contributed by atoms with van der Waals surface area (Å²) in [5.74, 6) is -1.12. The van der Waals surface area contributed by atoms with Crippen molar-refractivity contribution in [3.05, 3.63) is 48.6 Å². The third-order valence-corrected chi connectivity index (χ3v) is 3.45. The van der Waals surface area contributed by atoms with E-state index < -0.39 is 24.6 Å². The summed E-state index contributed by atoms with van der Waals surface area (Å²) in [4.78, 5) is 10.4. The Hall–Kier alpha value is -1.65. The van der Waals surface area contributed by atoms with Gasteiger partial charge in [-0.3, -0.25) is 4.79 Å². The first-order chi connectivity index (χ1) is 11.6. The number of allylic oxidation sites excluding steroid dienone is 7. The van der Waals surface area contributed by atoms with Crippen LogP contribution in [0.1, 0.15) is 58.3 Å². The van der Waals surface area contributed by atoms with E-state index in [-0.39, 0.29) is 6.42 Å². The number of aliphatic hydroxyl groups excluding tert-OH is 2. The summed E-state index contributed by atoms with van der Waals surface area (Å²) in [6.07, 6.45) is 20.4. The topological polar surface area (TPSA) is 77.8 Å². The van der Waals surface area contributed by atoms with Crippen LogP contribution in [0, 0.1) is 0 Å². The number of carbonyl (C=O) groups is 1. The Bertz CT molecular complexity index is 421. The number of hydrogen-bond acceptors (Lipinski definition) is 3. The fraction of sp³-hybridized carbons (Fsp3) is 0.550. The zero-order valence-corrected chi connectivity index (χ0v) is 14.7. The van der Waals surface area contributed by atoms with Gasteiger partial charge >= 0.3 is 5.97 Å². The van der Waals surface area contributed by atoms with E-state index in [2.05, 4.69) is 25.2 Å². The number of hydrogen-bond donors (Lipinski definition) is 3. The van der Waals surface area contributed by atoms with Crippen LogP contribution in [0.2, 0.25) is 0 Å². The molecule has 0 saturated carbocycles. The molecule has 4 nitrogen and oxygen atoms in total. The smallest absolute Gasteiger partial charge is 0.306 e. The molecule has 0 radical (unpaired) electrons. The van der Waals surface area contributed by atoms with Crippen LogP contribution >= 0.6 is 0 Å². The average Bonchev–Trinajstić information content (AvgIpc) is 2.54. The molecule has 2 unspecified atom stereocenters. The van der Waals surface area contributed by atoms with E-state index in [0.717, 1.165) is 12.8 Å². The van der Waals surface area contributed by atoms with Crippen molar-refractivity contribution in [2.45, 2.75) is 70.5 Å². The molecule has 0 aliphatic heterocycles. The van der Waals surface area contributed by atoms with Gasteiger partial charge in [0.05, 0.1) is 18.6 Å². The van der Waals surface area contributed by atoms with Gasteiger partial charge in [-0.05, 0) is 32.1 Å². The van der Waals surface area contributed by atoms with E-state index in [1.807, 2.05) is 18.2 Å². The maximum atomic E-state index is 10.4. The van der Waals surface area contributed by atoms with E-state index in [0.29, 0.717) is 0 Å². The summed E-state index contributed by atoms with van der Waals surface area (Å²) in [5.41, 5.74) is 0. The minimum atomic E-state index is -1.23. The fourth-order valence-corrected chi connectivity index (χ4v) is 2.01. The van der Waals surface area contributed by atoms with Crippen molar-refractivity contribution in [2.75, 3.05) is 0 Å². The van der Waals surface area contributed by atoms with Gasteiger partial charge in [0.1, 0.15) is 0 Å². The first-order valence-corrected chi connectivity index (χ1v) is 8.79. The minimum Gasteiger partial charge on any atom is -0.481 e. The third kappa shape index (κ3) is 15.3. The van der Waals surface area contributed by atoms with Crippen LogP contribution in [-0.4, -0.2) is 33.5 Å². The molecule has 0 rings (SSSR count). The lowest BCUT2D eigenvalue weighted by Crippen LogP contribution is -2.27. The summed E-state index contributed by atoms with van der Waals surface area (Å²) in [6, 6.07) is 0. The Balaban J connectivity index is 3.71. The van der Waals surface area contributed by atoms with Crippen LogP contribution in [0.15, 0.2) is 48.6 Å². The second kappa shape index (κ2) is 16.2. The monoisotopic (exact) mass is 336 g/mol. The molecule has 0 amide bonds. The molecular formula is C20H32O4. The zero-order valence-electron chi connectivity index (χ0n) is 14.7. The molecule has 2 atom stereocenters. The number of aliphatic hydroxyl groups is 2. The van der Waals surface area contributed by atoms with Gasteiger partial charge in [0.2, 0.25) is 0 Å². The van der Waals surface area contributed by atoms with Gasteiger partial charge in [-0.2, -0.15) is 0 Å². The SMILES string of the molecule is CCCCCC=CCCC=CC=CC=CCC(O)C(O)CC(=O)O. The highest BCUT2D eigenvalue weighted by Crippen LogP contribution is 2.04. The Morgan fingerprint density at radius 3 is 2.12 bits per heavy atom. The van der Waals surface area contributed by atoms with E-state index in [1.54, 1.807) is 12.2 Å². The van der Waals surface area contributed by atoms with E-state index >= 15 is 0 Å². The van der Waals surface area contributed by atoms with Crippen molar-refractivity contribution in [1.29, 1.82) is 0 Å². The van der Waals surface area contributed by atoms with E-state index in [1.165, 1.54) is 25.7 Å². The van der Waals surface area contributed by atoms with Crippen molar-refractivity contribution in [3.63, 3.8) is 0 Å². The molecular weight excluding hydrogens is 304 g/mol. The maximum Gasteiger partial charge on any atom is 0.306 e. The molecule has 24 heavy (non-hydrogen) atoms. The van der Waals surface area contributed by atoms with Crippen LogP contribution in [0.5, 0.6) is 0 Å². The summed E-state index contributed by atoms with van der Waals surface area (Å²) < 4.78 is 0. The van der Waals surface area contributed by atoms with Crippen molar-refractivity contribution >= 4 is 5.97 Å². The van der Waals surface area contributed by atoms with Gasteiger partial charge in [0, 0.05) is 0 Å². The van der Waals surface area contributed by atoms with E-state index in [4.69, 9.17) is 5.11 Å². The lowest BCUT2D eigenvalue weighted by atomic mass is 10.1. The van der Waals surface area contributed by atoms with Crippen molar-refractivity contribution in [3.8, 4) is 0 Å². The molecule has 4 heteroatoms. The van der Waals surface area contributed by atoms with Gasteiger partial charge in [0.25, 0.3) is 0 Å². The highest BCUT2D eigenvalue weighted by molar-refractivity contribution is 5.67. The van der Waals surface area contributed by atoms with Crippen LogP contribution in [0.4, 0.5) is 0 Å². The normalized spacial score (nSPS) is 15.1. The Morgan fingerprint density at radius 1 is 0.833 bits per heavy atom. The average molecular weight is 336 g/mol. The largest absolute Gasteiger partial charge is 0.481 e. The second-order valence-corrected chi connectivity index (χ2v) is 5.75. The second-order valence-electron chi connectivity index (χ2n) is 5.75. The lowest BCUT2D eigenvalue weighted by molar-refractivity contribution is -0.141. The Kier molecular flexibility index (Phi) is 15.1. The molecule has 0 bridgehead atoms. The molecule has 0 fully saturated rings. The van der Waals surface area contributed by atoms with Gasteiger partial charge in [-0.1, -0.05) is 68.4 Å².